The average Bonchev–Trinajstić information content (AvgIpc) is 2.78. The van der Waals surface area contributed by atoms with Crippen molar-refractivity contribution >= 4 is 11.9 Å². The Balaban J connectivity index is 1.69. The van der Waals surface area contributed by atoms with E-state index < -0.39 is 0 Å². The highest BCUT2D eigenvalue weighted by molar-refractivity contribution is 5.95. The first-order valence-electron chi connectivity index (χ1n) is 10.4. The van der Waals surface area contributed by atoms with Gasteiger partial charge in [-0.2, -0.15) is 0 Å². The average molecular weight is 411 g/mol. The molecule has 30 heavy (non-hydrogen) atoms. The van der Waals surface area contributed by atoms with Gasteiger partial charge in [-0.15, -0.1) is 0 Å². The number of likely N-dealkylation sites (tertiary alicyclic amines) is 1. The number of amides is 3. The van der Waals surface area contributed by atoms with E-state index in [4.69, 9.17) is 9.72 Å². The third kappa shape index (κ3) is 5.28. The second-order valence-corrected chi connectivity index (χ2v) is 7.52. The minimum atomic E-state index is -0.133. The summed E-state index contributed by atoms with van der Waals surface area (Å²) in [5.41, 5.74) is 3.30. The highest BCUT2D eigenvalue weighted by Gasteiger charge is 2.27. The van der Waals surface area contributed by atoms with Gasteiger partial charge in [-0.3, -0.25) is 9.78 Å². The van der Waals surface area contributed by atoms with Gasteiger partial charge in [-0.25, -0.2) is 4.79 Å². The number of pyridine rings is 1. The lowest BCUT2D eigenvalue weighted by molar-refractivity contribution is 0.0947. The fraction of sp³-hybridized carbons (Fsp3) is 0.435. The van der Waals surface area contributed by atoms with E-state index in [2.05, 4.69) is 10.6 Å². The molecule has 1 fully saturated rings. The van der Waals surface area contributed by atoms with Crippen LogP contribution in [0, 0.1) is 6.92 Å². The predicted molar refractivity (Wildman–Crippen MR) is 116 cm³/mol. The number of methoxy groups -OCH3 is 1. The summed E-state index contributed by atoms with van der Waals surface area (Å²) >= 11 is 0. The van der Waals surface area contributed by atoms with Gasteiger partial charge < -0.3 is 20.3 Å². The van der Waals surface area contributed by atoms with Crippen LogP contribution >= 0.6 is 0 Å². The topological polar surface area (TPSA) is 83.6 Å². The predicted octanol–water partition coefficient (Wildman–Crippen LogP) is 3.24. The lowest BCUT2D eigenvalue weighted by Gasteiger charge is -2.32. The Morgan fingerprint density at radius 2 is 1.93 bits per heavy atom. The normalized spacial score (nSPS) is 14.3. The zero-order chi connectivity index (χ0) is 21.5. The Bertz CT molecular complexity index is 892. The van der Waals surface area contributed by atoms with Crippen LogP contribution in [-0.4, -0.2) is 48.6 Å². The Kier molecular flexibility index (Phi) is 7.27. The van der Waals surface area contributed by atoms with Gasteiger partial charge in [0.05, 0.1) is 18.4 Å². The molecular weight excluding hydrogens is 380 g/mol. The van der Waals surface area contributed by atoms with Gasteiger partial charge >= 0.3 is 6.03 Å². The third-order valence-electron chi connectivity index (χ3n) is 5.39. The highest BCUT2D eigenvalue weighted by Crippen LogP contribution is 2.29. The first-order valence-corrected chi connectivity index (χ1v) is 10.4. The summed E-state index contributed by atoms with van der Waals surface area (Å²) in [6, 6.07) is 11.3. The molecule has 3 amide bonds. The molecule has 2 N–H and O–H groups in total. The number of carbonyl (C=O) groups excluding carboxylic acids is 2. The molecule has 7 heteroatoms. The molecule has 1 saturated heterocycles. The van der Waals surface area contributed by atoms with E-state index in [-0.39, 0.29) is 17.9 Å². The van der Waals surface area contributed by atoms with Crippen molar-refractivity contribution in [2.75, 3.05) is 26.7 Å². The van der Waals surface area contributed by atoms with Crippen LogP contribution in [0.5, 0.6) is 5.75 Å². The van der Waals surface area contributed by atoms with E-state index >= 15 is 0 Å². The lowest BCUT2D eigenvalue weighted by atomic mass is 9.90. The molecule has 2 aromatic rings. The van der Waals surface area contributed by atoms with Gasteiger partial charge in [0.2, 0.25) is 0 Å². The summed E-state index contributed by atoms with van der Waals surface area (Å²) in [7, 11) is 1.62. The van der Waals surface area contributed by atoms with Gasteiger partial charge in [-0.1, -0.05) is 12.1 Å². The SMILES string of the molecule is CCNC(=O)N1CCC(c2nc(C)ccc2C(=O)NCc2cccc(OC)c2)CC1. The molecule has 1 aromatic carbocycles. The Labute approximate surface area is 177 Å². The van der Waals surface area contributed by atoms with Crippen LogP contribution in [0.3, 0.4) is 0 Å². The number of urea groups is 1. The number of aryl methyl sites for hydroxylation is 1. The number of nitrogens with zero attached hydrogens (tertiary/aromatic N) is 2. The second-order valence-electron chi connectivity index (χ2n) is 7.52. The minimum absolute atomic E-state index is 0.0237. The van der Waals surface area contributed by atoms with E-state index in [9.17, 15) is 9.59 Å². The summed E-state index contributed by atoms with van der Waals surface area (Å²) in [6.07, 6.45) is 1.59. The van der Waals surface area contributed by atoms with Crippen molar-refractivity contribution in [2.24, 2.45) is 0 Å². The van der Waals surface area contributed by atoms with Crippen molar-refractivity contribution in [2.45, 2.75) is 39.2 Å². The number of ether oxygens (including phenoxy) is 1. The number of piperidine rings is 1. The van der Waals surface area contributed by atoms with E-state index in [1.54, 1.807) is 7.11 Å². The maximum absolute atomic E-state index is 12.9. The van der Waals surface area contributed by atoms with E-state index in [0.29, 0.717) is 31.7 Å². The molecule has 0 unspecified atom stereocenters. The van der Waals surface area contributed by atoms with Crippen molar-refractivity contribution < 1.29 is 14.3 Å². The van der Waals surface area contributed by atoms with Gasteiger partial charge in [0.1, 0.15) is 5.75 Å². The molecular formula is C23H30N4O3. The van der Waals surface area contributed by atoms with Crippen molar-refractivity contribution in [3.63, 3.8) is 0 Å². The quantitative estimate of drug-likeness (QED) is 0.766. The van der Waals surface area contributed by atoms with Gasteiger partial charge in [0.25, 0.3) is 5.91 Å². The standard InChI is InChI=1S/C23H30N4O3/c1-4-24-23(29)27-12-10-18(11-13-27)21-20(9-8-16(2)26-21)22(28)25-15-17-6-5-7-19(14-17)30-3/h5-9,14,18H,4,10-13,15H2,1-3H3,(H,24,29)(H,25,28). The molecule has 3 rings (SSSR count). The fourth-order valence-corrected chi connectivity index (χ4v) is 3.76. The fourth-order valence-electron chi connectivity index (χ4n) is 3.76. The number of hydrogen-bond acceptors (Lipinski definition) is 4. The molecule has 0 bridgehead atoms. The molecule has 2 heterocycles. The van der Waals surface area contributed by atoms with Crippen LogP contribution in [-0.2, 0) is 6.54 Å². The number of nitrogens with one attached hydrogen (secondary N) is 2. The van der Waals surface area contributed by atoms with Crippen molar-refractivity contribution in [1.29, 1.82) is 0 Å². The second kappa shape index (κ2) is 10.1. The maximum atomic E-state index is 12.9. The minimum Gasteiger partial charge on any atom is -0.497 e. The molecule has 0 radical (unpaired) electrons. The van der Waals surface area contributed by atoms with Crippen LogP contribution in [0.4, 0.5) is 4.79 Å². The Morgan fingerprint density at radius 3 is 2.63 bits per heavy atom. The molecule has 0 saturated carbocycles. The number of hydrogen-bond donors (Lipinski definition) is 2. The lowest BCUT2D eigenvalue weighted by Crippen LogP contribution is -2.44. The van der Waals surface area contributed by atoms with Crippen molar-refractivity contribution in [1.82, 2.24) is 20.5 Å². The van der Waals surface area contributed by atoms with Crippen molar-refractivity contribution in [3.05, 3.63) is 58.9 Å². The zero-order valence-electron chi connectivity index (χ0n) is 17.9. The molecule has 0 atom stereocenters. The van der Waals surface area contributed by atoms with Crippen LogP contribution in [0.15, 0.2) is 36.4 Å². The first-order chi connectivity index (χ1) is 14.5. The maximum Gasteiger partial charge on any atom is 0.317 e. The molecule has 1 aromatic heterocycles. The third-order valence-corrected chi connectivity index (χ3v) is 5.39. The summed E-state index contributed by atoms with van der Waals surface area (Å²) in [5, 5.41) is 5.85. The van der Waals surface area contributed by atoms with E-state index in [1.165, 1.54) is 0 Å². The Morgan fingerprint density at radius 1 is 1.17 bits per heavy atom. The number of benzene rings is 1. The smallest absolute Gasteiger partial charge is 0.317 e. The van der Waals surface area contributed by atoms with Gasteiger partial charge in [0.15, 0.2) is 0 Å². The zero-order valence-corrected chi connectivity index (χ0v) is 17.9. The number of carbonyl (C=O) groups is 2. The van der Waals surface area contributed by atoms with Crippen molar-refractivity contribution in [3.8, 4) is 5.75 Å². The van der Waals surface area contributed by atoms with E-state index in [0.717, 1.165) is 35.5 Å². The van der Waals surface area contributed by atoms with Crippen LogP contribution < -0.4 is 15.4 Å². The molecule has 0 aliphatic carbocycles. The molecule has 0 spiro atoms. The number of aromatic nitrogens is 1. The molecule has 7 nitrogen and oxygen atoms in total. The van der Waals surface area contributed by atoms with Crippen LogP contribution in [0.25, 0.3) is 0 Å². The van der Waals surface area contributed by atoms with Crippen LogP contribution in [0.2, 0.25) is 0 Å². The summed E-state index contributed by atoms with van der Waals surface area (Å²) in [5.74, 6) is 0.790. The van der Waals surface area contributed by atoms with Gasteiger partial charge in [0, 0.05) is 37.8 Å². The Hall–Kier alpha value is -3.09. The monoisotopic (exact) mass is 410 g/mol. The summed E-state index contributed by atoms with van der Waals surface area (Å²) in [4.78, 5) is 31.5. The molecule has 160 valence electrons. The summed E-state index contributed by atoms with van der Waals surface area (Å²) < 4.78 is 5.24. The molecule has 1 aliphatic rings. The van der Waals surface area contributed by atoms with Gasteiger partial charge in [-0.05, 0) is 56.5 Å². The largest absolute Gasteiger partial charge is 0.497 e. The summed E-state index contributed by atoms with van der Waals surface area (Å²) in [6.45, 7) is 6.21. The number of rotatable bonds is 6. The highest BCUT2D eigenvalue weighted by atomic mass is 16.5. The van der Waals surface area contributed by atoms with Crippen LogP contribution in [0.1, 0.15) is 53.0 Å². The first kappa shape index (κ1) is 21.6. The van der Waals surface area contributed by atoms with E-state index in [1.807, 2.05) is 55.1 Å². The molecule has 1 aliphatic heterocycles.